The lowest BCUT2D eigenvalue weighted by Gasteiger charge is -2.16. The van der Waals surface area contributed by atoms with Gasteiger partial charge in [-0.05, 0) is 19.1 Å². The van der Waals surface area contributed by atoms with E-state index in [0.29, 0.717) is 10.6 Å². The van der Waals surface area contributed by atoms with Gasteiger partial charge in [-0.15, -0.1) is 0 Å². The molecule has 1 rings (SSSR count). The molecule has 6 heteroatoms. The van der Waals surface area contributed by atoms with E-state index in [1.54, 1.807) is 6.92 Å². The van der Waals surface area contributed by atoms with Crippen LogP contribution in [0.2, 0.25) is 10.0 Å². The van der Waals surface area contributed by atoms with Gasteiger partial charge in [0.1, 0.15) is 5.82 Å². The van der Waals surface area contributed by atoms with Crippen molar-refractivity contribution in [2.75, 3.05) is 6.54 Å². The first-order valence-corrected chi connectivity index (χ1v) is 5.34. The molecule has 0 saturated carbocycles. The summed E-state index contributed by atoms with van der Waals surface area (Å²) in [7, 11) is 0. The Morgan fingerprint density at radius 1 is 1.56 bits per heavy atom. The molecule has 0 fully saturated rings. The minimum absolute atomic E-state index is 0.0235. The van der Waals surface area contributed by atoms with E-state index in [2.05, 4.69) is 5.32 Å². The SMILES string of the molecule is CC(NCC(N)=O)c1c(Cl)ccc(F)c1Cl. The second kappa shape index (κ2) is 5.48. The number of nitrogens with one attached hydrogen (secondary N) is 1. The minimum Gasteiger partial charge on any atom is -0.369 e. The number of benzene rings is 1. The van der Waals surface area contributed by atoms with Crippen LogP contribution in [0.25, 0.3) is 0 Å². The largest absolute Gasteiger partial charge is 0.369 e. The van der Waals surface area contributed by atoms with Gasteiger partial charge in [-0.25, -0.2) is 4.39 Å². The van der Waals surface area contributed by atoms with Crippen LogP contribution in [0.5, 0.6) is 0 Å². The first-order valence-electron chi connectivity index (χ1n) is 4.58. The predicted molar refractivity (Wildman–Crippen MR) is 62.0 cm³/mol. The Bertz CT molecular complexity index is 412. The molecule has 1 unspecified atom stereocenters. The fraction of sp³-hybridized carbons (Fsp3) is 0.300. The van der Waals surface area contributed by atoms with Gasteiger partial charge >= 0.3 is 0 Å². The van der Waals surface area contributed by atoms with Gasteiger partial charge in [0.2, 0.25) is 5.91 Å². The van der Waals surface area contributed by atoms with Crippen LogP contribution in [0.15, 0.2) is 12.1 Å². The number of carbonyl (C=O) groups is 1. The topological polar surface area (TPSA) is 55.1 Å². The van der Waals surface area contributed by atoms with Crippen molar-refractivity contribution < 1.29 is 9.18 Å². The molecule has 1 amide bonds. The molecule has 16 heavy (non-hydrogen) atoms. The third-order valence-electron chi connectivity index (χ3n) is 2.09. The summed E-state index contributed by atoms with van der Waals surface area (Å²) in [6.07, 6.45) is 0. The van der Waals surface area contributed by atoms with E-state index in [-0.39, 0.29) is 17.6 Å². The Kier molecular flexibility index (Phi) is 4.53. The van der Waals surface area contributed by atoms with Gasteiger partial charge in [0.05, 0.1) is 11.6 Å². The number of hydrogen-bond donors (Lipinski definition) is 2. The highest BCUT2D eigenvalue weighted by Gasteiger charge is 2.16. The molecule has 0 radical (unpaired) electrons. The van der Waals surface area contributed by atoms with Gasteiger partial charge in [0.15, 0.2) is 0 Å². The fourth-order valence-corrected chi connectivity index (χ4v) is 1.99. The Morgan fingerprint density at radius 2 is 2.19 bits per heavy atom. The van der Waals surface area contributed by atoms with E-state index in [1.165, 1.54) is 12.1 Å². The van der Waals surface area contributed by atoms with Crippen molar-refractivity contribution in [2.24, 2.45) is 5.73 Å². The number of carbonyl (C=O) groups excluding carboxylic acids is 1. The monoisotopic (exact) mass is 264 g/mol. The van der Waals surface area contributed by atoms with Crippen LogP contribution >= 0.6 is 23.2 Å². The van der Waals surface area contributed by atoms with Crippen molar-refractivity contribution in [3.8, 4) is 0 Å². The van der Waals surface area contributed by atoms with E-state index in [9.17, 15) is 9.18 Å². The minimum atomic E-state index is -0.547. The van der Waals surface area contributed by atoms with Gasteiger partial charge in [-0.2, -0.15) is 0 Å². The second-order valence-electron chi connectivity index (χ2n) is 3.33. The molecule has 3 nitrogen and oxygen atoms in total. The molecule has 0 aliphatic rings. The predicted octanol–water partition coefficient (Wildman–Crippen LogP) is 2.27. The summed E-state index contributed by atoms with van der Waals surface area (Å²) in [4.78, 5) is 10.6. The zero-order valence-corrected chi connectivity index (χ0v) is 10.1. The van der Waals surface area contributed by atoms with E-state index in [1.807, 2.05) is 0 Å². The average molecular weight is 265 g/mol. The summed E-state index contributed by atoms with van der Waals surface area (Å²) in [5.41, 5.74) is 5.40. The van der Waals surface area contributed by atoms with Gasteiger partial charge in [-0.3, -0.25) is 4.79 Å². The van der Waals surface area contributed by atoms with Gasteiger partial charge in [0.25, 0.3) is 0 Å². The lowest BCUT2D eigenvalue weighted by Crippen LogP contribution is -2.30. The van der Waals surface area contributed by atoms with Gasteiger partial charge in [0, 0.05) is 16.6 Å². The molecular formula is C10H11Cl2FN2O. The lowest BCUT2D eigenvalue weighted by molar-refractivity contribution is -0.117. The zero-order valence-electron chi connectivity index (χ0n) is 8.56. The average Bonchev–Trinajstić information content (AvgIpc) is 2.21. The van der Waals surface area contributed by atoms with E-state index < -0.39 is 11.7 Å². The number of amides is 1. The van der Waals surface area contributed by atoms with Crippen LogP contribution in [0.1, 0.15) is 18.5 Å². The van der Waals surface area contributed by atoms with Crippen LogP contribution in [0.3, 0.4) is 0 Å². The molecule has 0 aliphatic heterocycles. The highest BCUT2D eigenvalue weighted by molar-refractivity contribution is 6.36. The number of hydrogen-bond acceptors (Lipinski definition) is 2. The highest BCUT2D eigenvalue weighted by atomic mass is 35.5. The molecule has 0 aliphatic carbocycles. The highest BCUT2D eigenvalue weighted by Crippen LogP contribution is 2.32. The smallest absolute Gasteiger partial charge is 0.231 e. The van der Waals surface area contributed by atoms with E-state index in [4.69, 9.17) is 28.9 Å². The van der Waals surface area contributed by atoms with Crippen molar-refractivity contribution >= 4 is 29.1 Å². The van der Waals surface area contributed by atoms with E-state index in [0.717, 1.165) is 0 Å². The summed E-state index contributed by atoms with van der Waals surface area (Å²) in [5.74, 6) is -1.05. The number of nitrogens with two attached hydrogens (primary N) is 1. The number of halogens is 3. The van der Waals surface area contributed by atoms with Gasteiger partial charge in [-0.1, -0.05) is 23.2 Å². The Balaban J connectivity index is 2.94. The molecule has 1 atom stereocenters. The molecule has 0 aromatic heterocycles. The quantitative estimate of drug-likeness (QED) is 0.820. The third-order valence-corrected chi connectivity index (χ3v) is 2.81. The summed E-state index contributed by atoms with van der Waals surface area (Å²) < 4.78 is 13.2. The molecular weight excluding hydrogens is 254 g/mol. The first-order chi connectivity index (χ1) is 7.43. The lowest BCUT2D eigenvalue weighted by atomic mass is 10.1. The standard InChI is InChI=1S/C10H11Cl2FN2O/c1-5(15-4-8(14)16)9-6(11)2-3-7(13)10(9)12/h2-3,5,15H,4H2,1H3,(H2,14,16). The first kappa shape index (κ1) is 13.2. The fourth-order valence-electron chi connectivity index (χ4n) is 1.30. The van der Waals surface area contributed by atoms with Crippen molar-refractivity contribution in [3.05, 3.63) is 33.6 Å². The molecule has 88 valence electrons. The molecule has 1 aromatic carbocycles. The van der Waals surface area contributed by atoms with Crippen molar-refractivity contribution in [1.29, 1.82) is 0 Å². The van der Waals surface area contributed by atoms with Crippen molar-refractivity contribution in [2.45, 2.75) is 13.0 Å². The van der Waals surface area contributed by atoms with Crippen LogP contribution in [-0.2, 0) is 4.79 Å². The maximum absolute atomic E-state index is 13.2. The van der Waals surface area contributed by atoms with Crippen molar-refractivity contribution in [3.63, 3.8) is 0 Å². The molecule has 1 aromatic rings. The molecule has 3 N–H and O–H groups in total. The molecule has 0 saturated heterocycles. The molecule has 0 spiro atoms. The summed E-state index contributed by atoms with van der Waals surface area (Å²) >= 11 is 11.7. The molecule has 0 heterocycles. The third kappa shape index (κ3) is 3.07. The molecule has 0 bridgehead atoms. The number of primary amides is 1. The Hall–Kier alpha value is -0.840. The summed E-state index contributed by atoms with van der Waals surface area (Å²) in [6, 6.07) is 2.25. The summed E-state index contributed by atoms with van der Waals surface area (Å²) in [5, 5.41) is 3.10. The van der Waals surface area contributed by atoms with Crippen LogP contribution in [-0.4, -0.2) is 12.5 Å². The van der Waals surface area contributed by atoms with Crippen molar-refractivity contribution in [1.82, 2.24) is 5.32 Å². The Morgan fingerprint density at radius 3 is 2.75 bits per heavy atom. The van der Waals surface area contributed by atoms with Crippen LogP contribution < -0.4 is 11.1 Å². The maximum Gasteiger partial charge on any atom is 0.231 e. The van der Waals surface area contributed by atoms with Crippen LogP contribution in [0.4, 0.5) is 4.39 Å². The van der Waals surface area contributed by atoms with Gasteiger partial charge < -0.3 is 11.1 Å². The second-order valence-corrected chi connectivity index (χ2v) is 4.11. The summed E-state index contributed by atoms with van der Waals surface area (Å²) in [6.45, 7) is 1.69. The van der Waals surface area contributed by atoms with Crippen LogP contribution in [0, 0.1) is 5.82 Å². The normalized spacial score (nSPS) is 12.5. The number of rotatable bonds is 4. The van der Waals surface area contributed by atoms with E-state index >= 15 is 0 Å². The maximum atomic E-state index is 13.2. The zero-order chi connectivity index (χ0) is 12.3. The Labute approximate surface area is 103 Å².